The molecule has 1 fully saturated rings. The minimum absolute atomic E-state index is 0.0109. The fourth-order valence-corrected chi connectivity index (χ4v) is 2.82. The van der Waals surface area contributed by atoms with Crippen LogP contribution in [-0.4, -0.2) is 56.3 Å². The lowest BCUT2D eigenvalue weighted by Crippen LogP contribution is -2.40. The Morgan fingerprint density at radius 3 is 2.32 bits per heavy atom. The second-order valence-corrected chi connectivity index (χ2v) is 5.89. The van der Waals surface area contributed by atoms with E-state index in [4.69, 9.17) is 14.2 Å². The quantitative estimate of drug-likeness (QED) is 0.533. The van der Waals surface area contributed by atoms with E-state index in [2.05, 4.69) is 0 Å². The van der Waals surface area contributed by atoms with Crippen molar-refractivity contribution in [3.05, 3.63) is 29.8 Å². The van der Waals surface area contributed by atoms with Gasteiger partial charge in [-0.1, -0.05) is 0 Å². The van der Waals surface area contributed by atoms with Crippen molar-refractivity contribution in [3.63, 3.8) is 0 Å². The third-order valence-electron chi connectivity index (χ3n) is 4.20. The van der Waals surface area contributed by atoms with Gasteiger partial charge in [0.1, 0.15) is 12.4 Å². The van der Waals surface area contributed by atoms with Crippen molar-refractivity contribution in [2.24, 2.45) is 5.92 Å². The highest BCUT2D eigenvalue weighted by Gasteiger charge is 2.28. The van der Waals surface area contributed by atoms with Crippen LogP contribution in [-0.2, 0) is 14.3 Å². The Morgan fingerprint density at radius 1 is 1.04 bits per heavy atom. The van der Waals surface area contributed by atoms with Gasteiger partial charge in [0, 0.05) is 25.3 Å². The maximum atomic E-state index is 12.6. The van der Waals surface area contributed by atoms with Gasteiger partial charge in [0.25, 0.3) is 5.91 Å². The minimum Gasteiger partial charge on any atom is -0.491 e. The van der Waals surface area contributed by atoms with Crippen molar-refractivity contribution in [2.45, 2.75) is 26.7 Å². The summed E-state index contributed by atoms with van der Waals surface area (Å²) in [7, 11) is 0. The topological polar surface area (TPSA) is 65.1 Å². The number of rotatable bonds is 8. The van der Waals surface area contributed by atoms with Crippen molar-refractivity contribution in [2.75, 3.05) is 39.5 Å². The van der Waals surface area contributed by atoms with E-state index in [1.807, 2.05) is 6.92 Å². The predicted octanol–water partition coefficient (Wildman–Crippen LogP) is 2.52. The highest BCUT2D eigenvalue weighted by molar-refractivity contribution is 5.94. The molecule has 0 aromatic heterocycles. The number of ether oxygens (including phenoxy) is 3. The van der Waals surface area contributed by atoms with E-state index >= 15 is 0 Å². The van der Waals surface area contributed by atoms with Gasteiger partial charge in [-0.2, -0.15) is 0 Å². The molecule has 0 bridgehead atoms. The van der Waals surface area contributed by atoms with E-state index in [0.717, 1.165) is 5.75 Å². The Kier molecular flexibility index (Phi) is 7.73. The van der Waals surface area contributed by atoms with Gasteiger partial charge >= 0.3 is 5.97 Å². The molecule has 1 aromatic carbocycles. The van der Waals surface area contributed by atoms with Gasteiger partial charge in [0.15, 0.2) is 0 Å². The molecule has 0 radical (unpaired) electrons. The number of carbonyl (C=O) groups excluding carboxylic acids is 2. The lowest BCUT2D eigenvalue weighted by Gasteiger charge is -2.31. The van der Waals surface area contributed by atoms with Gasteiger partial charge in [0.2, 0.25) is 0 Å². The first-order chi connectivity index (χ1) is 12.2. The largest absolute Gasteiger partial charge is 0.491 e. The van der Waals surface area contributed by atoms with E-state index in [0.29, 0.717) is 57.9 Å². The second-order valence-electron chi connectivity index (χ2n) is 5.89. The fourth-order valence-electron chi connectivity index (χ4n) is 2.82. The molecule has 0 spiro atoms. The summed E-state index contributed by atoms with van der Waals surface area (Å²) in [6, 6.07) is 7.14. The monoisotopic (exact) mass is 349 g/mol. The summed E-state index contributed by atoms with van der Waals surface area (Å²) in [5.74, 6) is 0.466. The Morgan fingerprint density at radius 2 is 1.72 bits per heavy atom. The third kappa shape index (κ3) is 5.74. The zero-order chi connectivity index (χ0) is 18.1. The highest BCUT2D eigenvalue weighted by atomic mass is 16.5. The van der Waals surface area contributed by atoms with Crippen LogP contribution in [0.2, 0.25) is 0 Å². The number of hydrogen-bond acceptors (Lipinski definition) is 5. The zero-order valence-corrected chi connectivity index (χ0v) is 15.0. The van der Waals surface area contributed by atoms with E-state index in [-0.39, 0.29) is 17.8 Å². The molecule has 1 aliphatic heterocycles. The molecule has 2 rings (SSSR count). The summed E-state index contributed by atoms with van der Waals surface area (Å²) >= 11 is 0. The summed E-state index contributed by atoms with van der Waals surface area (Å²) < 4.78 is 15.8. The molecule has 1 heterocycles. The van der Waals surface area contributed by atoms with Gasteiger partial charge < -0.3 is 19.1 Å². The maximum Gasteiger partial charge on any atom is 0.309 e. The molecule has 1 aliphatic rings. The van der Waals surface area contributed by atoms with Gasteiger partial charge in [-0.05, 0) is 51.0 Å². The molecule has 1 aromatic rings. The van der Waals surface area contributed by atoms with E-state index < -0.39 is 0 Å². The normalized spacial score (nSPS) is 15.0. The number of carbonyl (C=O) groups is 2. The van der Waals surface area contributed by atoms with Crippen molar-refractivity contribution in [1.29, 1.82) is 0 Å². The van der Waals surface area contributed by atoms with Crippen LogP contribution in [0.4, 0.5) is 0 Å². The van der Waals surface area contributed by atoms with Crippen LogP contribution >= 0.6 is 0 Å². The van der Waals surface area contributed by atoms with Crippen LogP contribution in [0.3, 0.4) is 0 Å². The number of benzene rings is 1. The Hall–Kier alpha value is -2.08. The first kappa shape index (κ1) is 19.2. The molecule has 0 saturated carbocycles. The summed E-state index contributed by atoms with van der Waals surface area (Å²) in [4.78, 5) is 26.1. The fraction of sp³-hybridized carbons (Fsp3) is 0.579. The molecule has 6 heteroatoms. The molecule has 0 unspecified atom stereocenters. The van der Waals surface area contributed by atoms with Gasteiger partial charge in [-0.3, -0.25) is 9.59 Å². The van der Waals surface area contributed by atoms with Crippen LogP contribution in [0.5, 0.6) is 5.75 Å². The average molecular weight is 349 g/mol. The molecule has 6 nitrogen and oxygen atoms in total. The number of amides is 1. The second kappa shape index (κ2) is 10.0. The smallest absolute Gasteiger partial charge is 0.309 e. The molecular formula is C19H27NO5. The van der Waals surface area contributed by atoms with Crippen molar-refractivity contribution >= 4 is 11.9 Å². The van der Waals surface area contributed by atoms with Crippen LogP contribution in [0, 0.1) is 5.92 Å². The number of esters is 1. The molecular weight excluding hydrogens is 322 g/mol. The Labute approximate surface area is 149 Å². The predicted molar refractivity (Wildman–Crippen MR) is 93.7 cm³/mol. The lowest BCUT2D eigenvalue weighted by atomic mass is 9.96. The molecule has 0 atom stereocenters. The summed E-state index contributed by atoms with van der Waals surface area (Å²) in [6.45, 7) is 7.01. The first-order valence-corrected chi connectivity index (χ1v) is 8.92. The standard InChI is InChI=1S/C19H27NO5/c1-3-23-13-14-25-17-7-5-15(6-8-17)18(21)20-11-9-16(10-12-20)19(22)24-4-2/h5-8,16H,3-4,9-14H2,1-2H3. The highest BCUT2D eigenvalue weighted by Crippen LogP contribution is 2.21. The zero-order valence-electron chi connectivity index (χ0n) is 15.0. The Balaban J connectivity index is 1.82. The van der Waals surface area contributed by atoms with E-state index in [1.54, 1.807) is 36.1 Å². The number of piperidine rings is 1. The van der Waals surface area contributed by atoms with Crippen molar-refractivity contribution in [1.82, 2.24) is 4.90 Å². The van der Waals surface area contributed by atoms with E-state index in [9.17, 15) is 9.59 Å². The lowest BCUT2D eigenvalue weighted by molar-refractivity contribution is -0.149. The summed E-state index contributed by atoms with van der Waals surface area (Å²) in [5, 5.41) is 0. The van der Waals surface area contributed by atoms with Crippen LogP contribution < -0.4 is 4.74 Å². The van der Waals surface area contributed by atoms with Gasteiger partial charge in [0.05, 0.1) is 19.1 Å². The SMILES string of the molecule is CCOCCOc1ccc(C(=O)N2CCC(C(=O)OCC)CC2)cc1. The van der Waals surface area contributed by atoms with Crippen molar-refractivity contribution < 1.29 is 23.8 Å². The van der Waals surface area contributed by atoms with Crippen LogP contribution in [0.1, 0.15) is 37.0 Å². The maximum absolute atomic E-state index is 12.6. The molecule has 1 amide bonds. The molecule has 0 aliphatic carbocycles. The number of nitrogens with zero attached hydrogens (tertiary/aromatic N) is 1. The Bertz CT molecular complexity index is 549. The summed E-state index contributed by atoms with van der Waals surface area (Å²) in [5.41, 5.74) is 0.631. The molecule has 0 N–H and O–H groups in total. The first-order valence-electron chi connectivity index (χ1n) is 8.92. The molecule has 1 saturated heterocycles. The molecule has 138 valence electrons. The van der Waals surface area contributed by atoms with Crippen LogP contribution in [0.15, 0.2) is 24.3 Å². The van der Waals surface area contributed by atoms with Crippen molar-refractivity contribution in [3.8, 4) is 5.75 Å². The van der Waals surface area contributed by atoms with Crippen LogP contribution in [0.25, 0.3) is 0 Å². The third-order valence-corrected chi connectivity index (χ3v) is 4.20. The average Bonchev–Trinajstić information content (AvgIpc) is 2.65. The minimum atomic E-state index is -0.150. The van der Waals surface area contributed by atoms with Gasteiger partial charge in [-0.15, -0.1) is 0 Å². The van der Waals surface area contributed by atoms with E-state index in [1.165, 1.54) is 0 Å². The van der Waals surface area contributed by atoms with Gasteiger partial charge in [-0.25, -0.2) is 0 Å². The molecule has 25 heavy (non-hydrogen) atoms. The number of hydrogen-bond donors (Lipinski definition) is 0. The number of likely N-dealkylation sites (tertiary alicyclic amines) is 1. The summed E-state index contributed by atoms with van der Waals surface area (Å²) in [6.07, 6.45) is 1.31.